The van der Waals surface area contributed by atoms with Crippen molar-refractivity contribution < 1.29 is 9.31 Å². The zero-order valence-corrected chi connectivity index (χ0v) is 59.5. The Labute approximate surface area is 622 Å². The average molecular weight is 1390 g/mol. The van der Waals surface area contributed by atoms with Crippen molar-refractivity contribution in [2.75, 3.05) is 0 Å². The Morgan fingerprint density at radius 3 is 0.745 bits per heavy atom. The van der Waals surface area contributed by atoms with Crippen molar-refractivity contribution in [2.24, 2.45) is 0 Å². The molecule has 510 valence electrons. The molecule has 12 nitrogen and oxygen atoms in total. The lowest BCUT2D eigenvalue weighted by molar-refractivity contribution is 0.00578. The average Bonchev–Trinajstić information content (AvgIpc) is 1.62. The molecule has 1 aliphatic rings. The Kier molecular flexibility index (Phi) is 20.4. The molecule has 17 rings (SSSR count). The quantitative estimate of drug-likeness (QED) is 0.0955. The van der Waals surface area contributed by atoms with Crippen LogP contribution in [0.25, 0.3) is 147 Å². The Hall–Kier alpha value is -12.9. The number of rotatable bonds is 14. The summed E-state index contributed by atoms with van der Waals surface area (Å²) in [5.74, 6) is 5.22. The van der Waals surface area contributed by atoms with Gasteiger partial charge in [0.1, 0.15) is 0 Å². The standard InChI is InChI=1S/C43H29N5.C28H27BN2O2.C21H14ClN3/c1-5-14-31(15-6-1)38-29-39(45-40(44-38)33-16-7-2-8-17-33)32-26-24-30(25-27-32)36-22-13-23-37(28-36)43-47-41(34-18-9-3-10-19-34)46-42(48-43)35-20-11-4-12-21-35;1-27(2)28(3,4)33-29(32-27)23-17-15-21(16-18-23)25-19-24(20-11-7-5-8-12-20)30-26(31-25)22-13-9-6-10-14-22;22-18-13-7-12-17(14-18)21-24-19(15-8-3-1-4-9-15)23-20(25-21)16-10-5-2-6-11-16/h1-29H;5-19H,1-4H3;1-14H. The minimum Gasteiger partial charge on any atom is -0.399 e. The Morgan fingerprint density at radius 1 is 0.208 bits per heavy atom. The molecule has 1 saturated heterocycles. The summed E-state index contributed by atoms with van der Waals surface area (Å²) < 4.78 is 12.4. The molecule has 0 bridgehead atoms. The molecule has 14 heteroatoms. The molecular weight excluding hydrogens is 1320 g/mol. The molecular formula is C92H70BClN10O2. The van der Waals surface area contributed by atoms with Gasteiger partial charge >= 0.3 is 7.12 Å². The van der Waals surface area contributed by atoms with Gasteiger partial charge in [0.15, 0.2) is 46.6 Å². The highest BCUT2D eigenvalue weighted by molar-refractivity contribution is 6.62. The molecule has 0 unspecified atom stereocenters. The summed E-state index contributed by atoms with van der Waals surface area (Å²) in [5, 5.41) is 0.653. The summed E-state index contributed by atoms with van der Waals surface area (Å²) >= 11 is 6.14. The van der Waals surface area contributed by atoms with Crippen molar-refractivity contribution >= 4 is 24.2 Å². The van der Waals surface area contributed by atoms with E-state index in [1.165, 1.54) is 0 Å². The minimum absolute atomic E-state index is 0.363. The lowest BCUT2D eigenvalue weighted by Crippen LogP contribution is -2.41. The molecule has 1 fully saturated rings. The fourth-order valence-electron chi connectivity index (χ4n) is 12.1. The fourth-order valence-corrected chi connectivity index (χ4v) is 12.3. The highest BCUT2D eigenvalue weighted by atomic mass is 35.5. The molecule has 16 aromatic rings. The van der Waals surface area contributed by atoms with Gasteiger partial charge in [-0.1, -0.05) is 333 Å². The molecule has 1 aliphatic heterocycles. The van der Waals surface area contributed by atoms with E-state index in [9.17, 15) is 0 Å². The van der Waals surface area contributed by atoms with E-state index in [4.69, 9.17) is 55.8 Å². The summed E-state index contributed by atoms with van der Waals surface area (Å²) in [5.41, 5.74) is 17.7. The minimum atomic E-state index is -0.380. The molecule has 0 atom stereocenters. The van der Waals surface area contributed by atoms with Crippen LogP contribution in [0.1, 0.15) is 27.7 Å². The maximum Gasteiger partial charge on any atom is 0.494 e. The zero-order chi connectivity index (χ0) is 72.2. The van der Waals surface area contributed by atoms with Gasteiger partial charge in [0, 0.05) is 71.8 Å². The van der Waals surface area contributed by atoms with Crippen LogP contribution in [0.15, 0.2) is 352 Å². The summed E-state index contributed by atoms with van der Waals surface area (Å²) in [6.07, 6.45) is 0. The number of benzene rings is 12. The van der Waals surface area contributed by atoms with Gasteiger partial charge in [-0.3, -0.25) is 0 Å². The first-order valence-electron chi connectivity index (χ1n) is 35.1. The maximum atomic E-state index is 6.20. The number of aromatic nitrogens is 10. The molecule has 12 aromatic carbocycles. The predicted molar refractivity (Wildman–Crippen MR) is 429 cm³/mol. The van der Waals surface area contributed by atoms with Crippen LogP contribution in [0.2, 0.25) is 5.02 Å². The first-order chi connectivity index (χ1) is 51.9. The van der Waals surface area contributed by atoms with E-state index < -0.39 is 0 Å². The normalized spacial score (nSPS) is 12.6. The van der Waals surface area contributed by atoms with Crippen LogP contribution in [0, 0.1) is 0 Å². The van der Waals surface area contributed by atoms with Gasteiger partial charge in [0.25, 0.3) is 0 Å². The Balaban J connectivity index is 0.000000135. The molecule has 0 spiro atoms. The molecule has 0 saturated carbocycles. The summed E-state index contributed by atoms with van der Waals surface area (Å²) in [7, 11) is -0.380. The number of hydrogen-bond donors (Lipinski definition) is 0. The number of nitrogens with zero attached hydrogens (tertiary/aromatic N) is 10. The lowest BCUT2D eigenvalue weighted by Gasteiger charge is -2.32. The molecule has 106 heavy (non-hydrogen) atoms. The van der Waals surface area contributed by atoms with Crippen LogP contribution in [-0.2, 0) is 9.31 Å². The summed E-state index contributed by atoms with van der Waals surface area (Å²) in [6.45, 7) is 8.27. The van der Waals surface area contributed by atoms with Crippen LogP contribution in [0.3, 0.4) is 0 Å². The largest absolute Gasteiger partial charge is 0.494 e. The second kappa shape index (κ2) is 31.4. The van der Waals surface area contributed by atoms with Gasteiger partial charge in [0.05, 0.1) is 34.0 Å². The van der Waals surface area contributed by atoms with Crippen molar-refractivity contribution in [3.8, 4) is 147 Å². The smallest absolute Gasteiger partial charge is 0.399 e. The van der Waals surface area contributed by atoms with E-state index in [0.717, 1.165) is 106 Å². The van der Waals surface area contributed by atoms with Gasteiger partial charge in [0.2, 0.25) is 0 Å². The van der Waals surface area contributed by atoms with Crippen LogP contribution < -0.4 is 5.46 Å². The Morgan fingerprint density at radius 2 is 0.434 bits per heavy atom. The topological polar surface area (TPSA) is 147 Å². The van der Waals surface area contributed by atoms with Crippen molar-refractivity contribution in [2.45, 2.75) is 38.9 Å². The third-order valence-electron chi connectivity index (χ3n) is 18.5. The summed E-state index contributed by atoms with van der Waals surface area (Å²) in [4.78, 5) is 48.3. The van der Waals surface area contributed by atoms with Gasteiger partial charge in [-0.25, -0.2) is 49.8 Å². The first kappa shape index (κ1) is 68.8. The van der Waals surface area contributed by atoms with Crippen molar-refractivity contribution in [1.82, 2.24) is 49.8 Å². The van der Waals surface area contributed by atoms with Crippen molar-refractivity contribution in [3.63, 3.8) is 0 Å². The molecule has 0 radical (unpaired) electrons. The molecule has 0 aliphatic carbocycles. The van der Waals surface area contributed by atoms with E-state index in [1.54, 1.807) is 0 Å². The second-order valence-corrected chi connectivity index (χ2v) is 26.8. The van der Waals surface area contributed by atoms with E-state index >= 15 is 0 Å². The van der Waals surface area contributed by atoms with E-state index in [1.807, 2.05) is 255 Å². The zero-order valence-electron chi connectivity index (χ0n) is 58.7. The van der Waals surface area contributed by atoms with Crippen LogP contribution in [-0.4, -0.2) is 68.2 Å². The molecule has 4 aromatic heterocycles. The number of halogens is 1. The molecule has 0 amide bonds. The SMILES string of the molecule is CC1(C)OB(c2ccc(-c3cc(-c4ccccc4)nc(-c4ccccc4)n3)cc2)OC1(C)C.Clc1cccc(-c2nc(-c3ccccc3)nc(-c3ccccc3)n2)c1.c1ccc(-c2cc(-c3ccc(-c4cccc(-c5nc(-c6ccccc6)nc(-c6ccccc6)n5)c4)cc3)nc(-c3ccccc3)n2)cc1. The third kappa shape index (κ3) is 16.1. The van der Waals surface area contributed by atoms with Gasteiger partial charge < -0.3 is 9.31 Å². The van der Waals surface area contributed by atoms with Crippen LogP contribution in [0.5, 0.6) is 0 Å². The van der Waals surface area contributed by atoms with Gasteiger partial charge in [-0.15, -0.1) is 0 Å². The monoisotopic (exact) mass is 1390 g/mol. The second-order valence-electron chi connectivity index (χ2n) is 26.3. The van der Waals surface area contributed by atoms with Crippen molar-refractivity contribution in [1.29, 1.82) is 0 Å². The highest BCUT2D eigenvalue weighted by Gasteiger charge is 2.51. The van der Waals surface area contributed by atoms with Crippen LogP contribution >= 0.6 is 11.6 Å². The highest BCUT2D eigenvalue weighted by Crippen LogP contribution is 2.38. The molecule has 0 N–H and O–H groups in total. The van der Waals surface area contributed by atoms with E-state index in [-0.39, 0.29) is 18.3 Å². The van der Waals surface area contributed by atoms with Crippen LogP contribution in [0.4, 0.5) is 0 Å². The van der Waals surface area contributed by atoms with Gasteiger partial charge in [-0.05, 0) is 74.6 Å². The predicted octanol–water partition coefficient (Wildman–Crippen LogP) is 21.6. The lowest BCUT2D eigenvalue weighted by atomic mass is 9.79. The van der Waals surface area contributed by atoms with Crippen molar-refractivity contribution in [3.05, 3.63) is 357 Å². The van der Waals surface area contributed by atoms with Gasteiger partial charge in [-0.2, -0.15) is 0 Å². The van der Waals surface area contributed by atoms with E-state index in [2.05, 4.69) is 140 Å². The first-order valence-corrected chi connectivity index (χ1v) is 35.4. The third-order valence-corrected chi connectivity index (χ3v) is 18.7. The van der Waals surface area contributed by atoms with E-state index in [0.29, 0.717) is 51.6 Å². The maximum absolute atomic E-state index is 6.20. The summed E-state index contributed by atoms with van der Waals surface area (Å²) in [6, 6.07) is 117. The molecule has 5 heterocycles. The Bertz CT molecular complexity index is 5400. The number of hydrogen-bond acceptors (Lipinski definition) is 12. The fraction of sp³-hybridized carbons (Fsp3) is 0.0652.